The lowest BCUT2D eigenvalue weighted by Crippen LogP contribution is -2.40. The molecule has 0 unspecified atom stereocenters. The van der Waals surface area contributed by atoms with Gasteiger partial charge in [-0.15, -0.1) is 0 Å². The lowest BCUT2D eigenvalue weighted by molar-refractivity contribution is 0.0730. The van der Waals surface area contributed by atoms with E-state index >= 15 is 0 Å². The van der Waals surface area contributed by atoms with E-state index in [1.54, 1.807) is 6.07 Å². The Labute approximate surface area is 111 Å². The Morgan fingerprint density at radius 1 is 1.28 bits per heavy atom. The van der Waals surface area contributed by atoms with Gasteiger partial charge in [-0.25, -0.2) is 8.42 Å². The van der Waals surface area contributed by atoms with Crippen LogP contribution < -0.4 is 4.74 Å². The number of ether oxygens (including phenoxy) is 2. The number of benzene rings is 1. The van der Waals surface area contributed by atoms with Gasteiger partial charge in [0.25, 0.3) is 0 Å². The van der Waals surface area contributed by atoms with Gasteiger partial charge in [0.2, 0.25) is 10.0 Å². The largest absolute Gasteiger partial charge is 0.497 e. The van der Waals surface area contributed by atoms with Crippen LogP contribution in [-0.4, -0.2) is 46.1 Å². The fourth-order valence-corrected chi connectivity index (χ4v) is 3.50. The van der Waals surface area contributed by atoms with Gasteiger partial charge in [-0.05, 0) is 12.1 Å². The first-order valence-corrected chi connectivity index (χ1v) is 7.28. The third-order valence-electron chi connectivity index (χ3n) is 2.69. The van der Waals surface area contributed by atoms with Crippen LogP contribution in [0.2, 0.25) is 5.02 Å². The number of halogens is 1. The van der Waals surface area contributed by atoms with E-state index < -0.39 is 10.0 Å². The summed E-state index contributed by atoms with van der Waals surface area (Å²) in [5, 5.41) is 0.334. The number of nitrogens with zero attached hydrogens (tertiary/aromatic N) is 1. The van der Waals surface area contributed by atoms with Crippen LogP contribution in [0.1, 0.15) is 0 Å². The molecule has 2 rings (SSSR count). The van der Waals surface area contributed by atoms with Crippen LogP contribution in [0.3, 0.4) is 0 Å². The third-order valence-corrected chi connectivity index (χ3v) is 4.78. The molecule has 100 valence electrons. The fraction of sp³-hybridized carbons (Fsp3) is 0.455. The zero-order chi connectivity index (χ0) is 13.2. The summed E-state index contributed by atoms with van der Waals surface area (Å²) in [6.45, 7) is 1.54. The molecule has 0 aromatic heterocycles. The maximum Gasteiger partial charge on any atom is 0.243 e. The molecule has 1 fully saturated rings. The Morgan fingerprint density at radius 3 is 2.56 bits per heavy atom. The molecule has 18 heavy (non-hydrogen) atoms. The van der Waals surface area contributed by atoms with Gasteiger partial charge in [0.05, 0.1) is 25.2 Å². The monoisotopic (exact) mass is 291 g/mol. The predicted molar refractivity (Wildman–Crippen MR) is 67.6 cm³/mol. The quantitative estimate of drug-likeness (QED) is 0.844. The molecule has 0 spiro atoms. The van der Waals surface area contributed by atoms with Gasteiger partial charge in [-0.2, -0.15) is 4.31 Å². The van der Waals surface area contributed by atoms with E-state index in [4.69, 9.17) is 21.1 Å². The summed E-state index contributed by atoms with van der Waals surface area (Å²) in [5.41, 5.74) is 0. The van der Waals surface area contributed by atoms with Crippen LogP contribution in [0.5, 0.6) is 5.75 Å². The van der Waals surface area contributed by atoms with Crippen LogP contribution in [0.15, 0.2) is 23.1 Å². The highest BCUT2D eigenvalue weighted by Crippen LogP contribution is 2.26. The second-order valence-corrected chi connectivity index (χ2v) is 6.22. The SMILES string of the molecule is COc1cc(Cl)cc(S(=O)(=O)N2CCOCC2)c1. The van der Waals surface area contributed by atoms with Gasteiger partial charge in [-0.1, -0.05) is 11.6 Å². The van der Waals surface area contributed by atoms with Crippen LogP contribution >= 0.6 is 11.6 Å². The third kappa shape index (κ3) is 2.77. The van der Waals surface area contributed by atoms with E-state index in [-0.39, 0.29) is 4.90 Å². The molecule has 0 radical (unpaired) electrons. The molecular formula is C11H14ClNO4S. The Hall–Kier alpha value is -0.820. The van der Waals surface area contributed by atoms with Gasteiger partial charge < -0.3 is 9.47 Å². The van der Waals surface area contributed by atoms with Crippen molar-refractivity contribution < 1.29 is 17.9 Å². The standard InChI is InChI=1S/C11H14ClNO4S/c1-16-10-6-9(12)7-11(8-10)18(14,15)13-2-4-17-5-3-13/h6-8H,2-5H2,1H3. The average molecular weight is 292 g/mol. The molecule has 1 aromatic carbocycles. The van der Waals surface area contributed by atoms with Crippen molar-refractivity contribution in [1.82, 2.24) is 4.31 Å². The first kappa shape index (κ1) is 13.6. The molecule has 1 aliphatic heterocycles. The maximum absolute atomic E-state index is 12.4. The van der Waals surface area contributed by atoms with E-state index in [9.17, 15) is 8.42 Å². The highest BCUT2D eigenvalue weighted by molar-refractivity contribution is 7.89. The van der Waals surface area contributed by atoms with Crippen molar-refractivity contribution in [2.75, 3.05) is 33.4 Å². The summed E-state index contributed by atoms with van der Waals surface area (Å²) < 4.78 is 36.3. The minimum Gasteiger partial charge on any atom is -0.497 e. The second kappa shape index (κ2) is 5.44. The van der Waals surface area contributed by atoms with Gasteiger partial charge in [-0.3, -0.25) is 0 Å². The summed E-state index contributed by atoms with van der Waals surface area (Å²) in [6, 6.07) is 4.46. The first-order valence-electron chi connectivity index (χ1n) is 5.46. The number of methoxy groups -OCH3 is 1. The lowest BCUT2D eigenvalue weighted by atomic mass is 10.3. The van der Waals surface area contributed by atoms with Crippen LogP contribution in [0.25, 0.3) is 0 Å². The number of sulfonamides is 1. The molecule has 5 nitrogen and oxygen atoms in total. The summed E-state index contributed by atoms with van der Waals surface area (Å²) in [4.78, 5) is 0.147. The molecule has 0 aliphatic carbocycles. The molecule has 0 bridgehead atoms. The van der Waals surface area contributed by atoms with E-state index in [0.717, 1.165) is 0 Å². The predicted octanol–water partition coefficient (Wildman–Crippen LogP) is 1.37. The van der Waals surface area contributed by atoms with Gasteiger partial charge >= 0.3 is 0 Å². The van der Waals surface area contributed by atoms with Crippen molar-refractivity contribution >= 4 is 21.6 Å². The van der Waals surface area contributed by atoms with E-state index in [2.05, 4.69) is 0 Å². The Kier molecular flexibility index (Phi) is 4.11. The zero-order valence-electron chi connectivity index (χ0n) is 9.93. The number of rotatable bonds is 3. The lowest BCUT2D eigenvalue weighted by Gasteiger charge is -2.26. The van der Waals surface area contributed by atoms with Crippen molar-refractivity contribution in [1.29, 1.82) is 0 Å². The number of hydrogen-bond acceptors (Lipinski definition) is 4. The normalized spacial score (nSPS) is 17.7. The van der Waals surface area contributed by atoms with Crippen LogP contribution in [0.4, 0.5) is 0 Å². The minimum absolute atomic E-state index is 0.147. The van der Waals surface area contributed by atoms with Gasteiger partial charge in [0.15, 0.2) is 0 Å². The van der Waals surface area contributed by atoms with Crippen molar-refractivity contribution in [3.63, 3.8) is 0 Å². The maximum atomic E-state index is 12.4. The topological polar surface area (TPSA) is 55.8 Å². The Balaban J connectivity index is 2.36. The first-order chi connectivity index (χ1) is 8.54. The Morgan fingerprint density at radius 2 is 1.94 bits per heavy atom. The molecule has 1 heterocycles. The highest BCUT2D eigenvalue weighted by atomic mass is 35.5. The molecule has 0 N–H and O–H groups in total. The summed E-state index contributed by atoms with van der Waals surface area (Å²) in [6.07, 6.45) is 0. The summed E-state index contributed by atoms with van der Waals surface area (Å²) in [5.74, 6) is 0.425. The van der Waals surface area contributed by atoms with Gasteiger partial charge in [0.1, 0.15) is 5.75 Å². The molecule has 0 saturated carbocycles. The van der Waals surface area contributed by atoms with Crippen molar-refractivity contribution in [2.45, 2.75) is 4.90 Å². The van der Waals surface area contributed by atoms with Crippen molar-refractivity contribution in [3.05, 3.63) is 23.2 Å². The van der Waals surface area contributed by atoms with Crippen molar-refractivity contribution in [2.24, 2.45) is 0 Å². The molecule has 0 atom stereocenters. The van der Waals surface area contributed by atoms with E-state index in [0.29, 0.717) is 37.1 Å². The highest BCUT2D eigenvalue weighted by Gasteiger charge is 2.27. The number of hydrogen-bond donors (Lipinski definition) is 0. The number of morpholine rings is 1. The summed E-state index contributed by atoms with van der Waals surface area (Å²) >= 11 is 5.89. The van der Waals surface area contributed by atoms with Crippen LogP contribution in [-0.2, 0) is 14.8 Å². The minimum atomic E-state index is -3.53. The Bertz CT molecular complexity index is 526. The van der Waals surface area contributed by atoms with Gasteiger partial charge in [0, 0.05) is 24.2 Å². The molecule has 1 aliphatic rings. The van der Waals surface area contributed by atoms with E-state index in [1.807, 2.05) is 0 Å². The molecular weight excluding hydrogens is 278 g/mol. The molecule has 1 saturated heterocycles. The smallest absolute Gasteiger partial charge is 0.243 e. The fourth-order valence-electron chi connectivity index (χ4n) is 1.74. The molecule has 0 amide bonds. The molecule has 1 aromatic rings. The summed E-state index contributed by atoms with van der Waals surface area (Å²) in [7, 11) is -2.06. The van der Waals surface area contributed by atoms with Crippen molar-refractivity contribution in [3.8, 4) is 5.75 Å². The van der Waals surface area contributed by atoms with E-state index in [1.165, 1.54) is 23.5 Å². The zero-order valence-corrected chi connectivity index (χ0v) is 11.5. The average Bonchev–Trinajstić information content (AvgIpc) is 2.39. The van der Waals surface area contributed by atoms with Crippen LogP contribution in [0, 0.1) is 0 Å². The second-order valence-electron chi connectivity index (χ2n) is 3.84. The molecule has 7 heteroatoms.